The van der Waals surface area contributed by atoms with E-state index in [0.29, 0.717) is 19.4 Å². The predicted octanol–water partition coefficient (Wildman–Crippen LogP) is 2.31. The minimum absolute atomic E-state index is 0.0594. The summed E-state index contributed by atoms with van der Waals surface area (Å²) in [6.45, 7) is 3.84. The number of hydrogen-bond donors (Lipinski definition) is 5. The molecule has 0 unspecified atom stereocenters. The van der Waals surface area contributed by atoms with Gasteiger partial charge in [0.05, 0.1) is 18.6 Å². The largest absolute Gasteiger partial charge is 0.481 e. The number of aliphatic hydroxyl groups is 1. The molecule has 42 heavy (non-hydrogen) atoms. The molecule has 2 aromatic carbocycles. The summed E-state index contributed by atoms with van der Waals surface area (Å²) < 4.78 is 0. The van der Waals surface area contributed by atoms with Gasteiger partial charge in [0.15, 0.2) is 5.78 Å². The lowest BCUT2D eigenvalue weighted by Gasteiger charge is -2.38. The van der Waals surface area contributed by atoms with Gasteiger partial charge in [-0.15, -0.1) is 0 Å². The number of rotatable bonds is 14. The number of fused-ring (bicyclic) bond motifs is 1. The number of H-pyrrole nitrogens is 1. The number of carbonyl (C=O) groups excluding carboxylic acids is 3. The lowest BCUT2D eigenvalue weighted by molar-refractivity contribution is -0.146. The molecule has 1 aliphatic rings. The molecule has 0 aliphatic carbocycles. The van der Waals surface area contributed by atoms with Crippen LogP contribution in [0, 0.1) is 11.8 Å². The van der Waals surface area contributed by atoms with Crippen molar-refractivity contribution >= 4 is 34.5 Å². The van der Waals surface area contributed by atoms with E-state index in [4.69, 9.17) is 0 Å². The van der Waals surface area contributed by atoms with Crippen LogP contribution in [-0.4, -0.2) is 81.5 Å². The number of ketones is 1. The molecule has 4 atom stereocenters. The molecule has 4 rings (SSSR count). The van der Waals surface area contributed by atoms with Gasteiger partial charge in [-0.2, -0.15) is 0 Å². The first-order valence-electron chi connectivity index (χ1n) is 14.5. The highest BCUT2D eigenvalue weighted by Gasteiger charge is 2.38. The van der Waals surface area contributed by atoms with Crippen LogP contribution in [0.4, 0.5) is 0 Å². The van der Waals surface area contributed by atoms with Gasteiger partial charge in [-0.1, -0.05) is 62.4 Å². The fourth-order valence-corrected chi connectivity index (χ4v) is 5.65. The topological polar surface area (TPSA) is 152 Å². The molecule has 3 aromatic rings. The van der Waals surface area contributed by atoms with Gasteiger partial charge in [0.2, 0.25) is 11.8 Å². The molecule has 10 nitrogen and oxygen atoms in total. The summed E-state index contributed by atoms with van der Waals surface area (Å²) in [5.74, 6) is -3.30. The van der Waals surface area contributed by atoms with Crippen molar-refractivity contribution in [2.75, 3.05) is 19.7 Å². The third-order valence-corrected chi connectivity index (χ3v) is 7.81. The first-order valence-corrected chi connectivity index (χ1v) is 14.5. The Morgan fingerprint density at radius 1 is 1.07 bits per heavy atom. The number of hydrogen-bond acceptors (Lipinski definition) is 6. The molecule has 0 spiro atoms. The summed E-state index contributed by atoms with van der Waals surface area (Å²) >= 11 is 0. The van der Waals surface area contributed by atoms with Gasteiger partial charge in [-0.05, 0) is 36.0 Å². The molecule has 5 N–H and O–H groups in total. The number of aromatic nitrogens is 1. The number of aliphatic carboxylic acids is 1. The Labute approximate surface area is 245 Å². The normalized spacial score (nSPS) is 17.7. The van der Waals surface area contributed by atoms with Crippen molar-refractivity contribution < 1.29 is 29.4 Å². The van der Waals surface area contributed by atoms with Gasteiger partial charge < -0.3 is 30.7 Å². The number of aliphatic hydroxyl groups excluding tert-OH is 1. The summed E-state index contributed by atoms with van der Waals surface area (Å²) in [7, 11) is 0. The zero-order valence-corrected chi connectivity index (χ0v) is 24.1. The van der Waals surface area contributed by atoms with E-state index in [-0.39, 0.29) is 31.2 Å². The number of aromatic amines is 1. The highest BCUT2D eigenvalue weighted by atomic mass is 16.4. The molecule has 0 saturated carbocycles. The van der Waals surface area contributed by atoms with Crippen molar-refractivity contribution in [1.29, 1.82) is 0 Å². The number of nitrogens with zero attached hydrogens (tertiary/aromatic N) is 1. The highest BCUT2D eigenvalue weighted by molar-refractivity contribution is 5.95. The van der Waals surface area contributed by atoms with E-state index in [1.54, 1.807) is 4.90 Å². The van der Waals surface area contributed by atoms with Crippen molar-refractivity contribution in [2.24, 2.45) is 11.8 Å². The van der Waals surface area contributed by atoms with Gasteiger partial charge in [0.25, 0.3) is 0 Å². The molecule has 0 bridgehead atoms. The average molecular weight is 577 g/mol. The standard InChI is InChI=1S/C32H40N4O6/c1-20(2)14-22(32(41)42)17-29(38)27(19-37)35-30(39)28(16-23-18-34-25-11-7-6-10-24(23)25)36-13-12-33-26(31(36)40)15-21-8-4-3-5-9-21/h3-11,18,20,22,26-28,33-34,37H,12-17,19H2,1-2H3,(H,35,39)(H,41,42)/t22-,26+,27+,28+/m1/s1. The van der Waals surface area contributed by atoms with E-state index in [9.17, 15) is 29.4 Å². The van der Waals surface area contributed by atoms with E-state index in [1.807, 2.05) is 74.6 Å². The minimum atomic E-state index is -1.28. The lowest BCUT2D eigenvalue weighted by Crippen LogP contribution is -2.63. The molecule has 0 radical (unpaired) electrons. The predicted molar refractivity (Wildman–Crippen MR) is 159 cm³/mol. The summed E-state index contributed by atoms with van der Waals surface area (Å²) in [5.41, 5.74) is 2.73. The Hall–Kier alpha value is -4.02. The molecular formula is C32H40N4O6. The SMILES string of the molecule is CC(C)C[C@H](CC(=O)[C@H](CO)NC(=O)[C@H](Cc1c[nH]c2ccccc12)N1CCN[C@@H](Cc2ccccc2)C1=O)C(=O)O. The molecule has 2 heterocycles. The summed E-state index contributed by atoms with van der Waals surface area (Å²) in [4.78, 5) is 57.2. The van der Waals surface area contributed by atoms with Crippen LogP contribution in [0.25, 0.3) is 10.9 Å². The summed E-state index contributed by atoms with van der Waals surface area (Å²) in [6, 6.07) is 14.5. The molecule has 2 amide bonds. The van der Waals surface area contributed by atoms with E-state index < -0.39 is 48.3 Å². The minimum Gasteiger partial charge on any atom is -0.481 e. The monoisotopic (exact) mass is 576 g/mol. The molecule has 224 valence electrons. The molecular weight excluding hydrogens is 536 g/mol. The number of benzene rings is 2. The van der Waals surface area contributed by atoms with E-state index >= 15 is 0 Å². The molecule has 10 heteroatoms. The van der Waals surface area contributed by atoms with Crippen LogP contribution in [0.2, 0.25) is 0 Å². The molecule has 1 aliphatic heterocycles. The van der Waals surface area contributed by atoms with Crippen LogP contribution in [0.1, 0.15) is 37.8 Å². The number of amides is 2. The maximum atomic E-state index is 13.9. The van der Waals surface area contributed by atoms with Crippen LogP contribution < -0.4 is 10.6 Å². The third-order valence-electron chi connectivity index (χ3n) is 7.81. The van der Waals surface area contributed by atoms with Crippen molar-refractivity contribution in [1.82, 2.24) is 20.5 Å². The second-order valence-corrected chi connectivity index (χ2v) is 11.4. The first kappa shape index (κ1) is 30.9. The number of carboxylic acids is 1. The number of piperazine rings is 1. The van der Waals surface area contributed by atoms with Gasteiger partial charge in [0, 0.05) is 43.0 Å². The Morgan fingerprint density at radius 2 is 1.79 bits per heavy atom. The molecule has 1 fully saturated rings. The maximum absolute atomic E-state index is 13.9. The number of para-hydroxylation sites is 1. The zero-order chi connectivity index (χ0) is 30.2. The summed E-state index contributed by atoms with van der Waals surface area (Å²) in [6.07, 6.45) is 2.46. The quantitative estimate of drug-likeness (QED) is 0.198. The summed E-state index contributed by atoms with van der Waals surface area (Å²) in [5, 5.41) is 26.5. The van der Waals surface area contributed by atoms with Crippen LogP contribution in [0.15, 0.2) is 60.8 Å². The average Bonchev–Trinajstić information content (AvgIpc) is 3.38. The fourth-order valence-electron chi connectivity index (χ4n) is 5.65. The van der Waals surface area contributed by atoms with Crippen LogP contribution in [0.3, 0.4) is 0 Å². The van der Waals surface area contributed by atoms with Gasteiger partial charge >= 0.3 is 5.97 Å². The van der Waals surface area contributed by atoms with E-state index in [0.717, 1.165) is 22.0 Å². The smallest absolute Gasteiger partial charge is 0.306 e. The number of nitrogens with one attached hydrogen (secondary N) is 3. The van der Waals surface area contributed by atoms with E-state index in [1.165, 1.54) is 0 Å². The Morgan fingerprint density at radius 3 is 2.48 bits per heavy atom. The zero-order valence-electron chi connectivity index (χ0n) is 24.1. The Balaban J connectivity index is 1.57. The van der Waals surface area contributed by atoms with Gasteiger partial charge in [-0.25, -0.2) is 0 Å². The van der Waals surface area contributed by atoms with Crippen molar-refractivity contribution in [2.45, 2.75) is 57.7 Å². The molecule has 1 saturated heterocycles. The second-order valence-electron chi connectivity index (χ2n) is 11.4. The van der Waals surface area contributed by atoms with Gasteiger partial charge in [-0.3, -0.25) is 19.2 Å². The van der Waals surface area contributed by atoms with Crippen molar-refractivity contribution in [3.63, 3.8) is 0 Å². The van der Waals surface area contributed by atoms with Crippen LogP contribution in [0.5, 0.6) is 0 Å². The highest BCUT2D eigenvalue weighted by Crippen LogP contribution is 2.23. The lowest BCUT2D eigenvalue weighted by atomic mass is 9.90. The fraction of sp³-hybridized carbons (Fsp3) is 0.438. The maximum Gasteiger partial charge on any atom is 0.306 e. The number of Topliss-reactive ketones (excluding diaryl/α,β-unsaturated/α-hetero) is 1. The van der Waals surface area contributed by atoms with Crippen LogP contribution >= 0.6 is 0 Å². The Kier molecular flexibility index (Phi) is 10.5. The Bertz CT molecular complexity index is 1390. The number of carbonyl (C=O) groups is 4. The van der Waals surface area contributed by atoms with E-state index in [2.05, 4.69) is 15.6 Å². The van der Waals surface area contributed by atoms with Crippen molar-refractivity contribution in [3.05, 3.63) is 71.9 Å². The van der Waals surface area contributed by atoms with Crippen molar-refractivity contribution in [3.8, 4) is 0 Å². The second kappa shape index (κ2) is 14.2. The first-order chi connectivity index (χ1) is 20.2. The van der Waals surface area contributed by atoms with Gasteiger partial charge in [0.1, 0.15) is 12.1 Å². The van der Waals surface area contributed by atoms with Crippen LogP contribution in [-0.2, 0) is 32.0 Å². The third kappa shape index (κ3) is 7.63. The number of carboxylic acid groups (broad SMARTS) is 1. The molecule has 1 aromatic heterocycles.